The van der Waals surface area contributed by atoms with E-state index in [9.17, 15) is 0 Å². The number of nitrogens with zero attached hydrogens (tertiary/aromatic N) is 2. The fraction of sp³-hybridized carbons (Fsp3) is 0. The Morgan fingerprint density at radius 3 is 2.68 bits per heavy atom. The van der Waals surface area contributed by atoms with Crippen LogP contribution in [0.4, 0.5) is 5.69 Å². The van der Waals surface area contributed by atoms with Crippen molar-refractivity contribution >= 4 is 45.2 Å². The second-order valence-electron chi connectivity index (χ2n) is 3.59. The first kappa shape index (κ1) is 13.6. The molecule has 2 N–H and O–H groups in total. The molecule has 1 aromatic carbocycles. The number of rotatable bonds is 3. The minimum Gasteiger partial charge on any atom is -0.331 e. The van der Waals surface area contributed by atoms with Gasteiger partial charge in [-0.05, 0) is 48.6 Å². The molecule has 0 spiro atoms. The maximum absolute atomic E-state index is 5.12. The SMILES string of the molecule is S=C(N/N=C\c1ccccn1)Nc1ccc(Br)cc1. The number of hydrazone groups is 1. The Kier molecular flexibility index (Phi) is 5.00. The Bertz CT molecular complexity index is 569. The summed E-state index contributed by atoms with van der Waals surface area (Å²) >= 11 is 8.49. The number of pyridine rings is 1. The van der Waals surface area contributed by atoms with E-state index in [1.165, 1.54) is 0 Å². The number of benzene rings is 1. The molecule has 0 radical (unpaired) electrons. The van der Waals surface area contributed by atoms with Gasteiger partial charge in [-0.15, -0.1) is 0 Å². The molecule has 1 heterocycles. The monoisotopic (exact) mass is 334 g/mol. The summed E-state index contributed by atoms with van der Waals surface area (Å²) in [5.74, 6) is 0. The van der Waals surface area contributed by atoms with Crippen LogP contribution >= 0.6 is 28.1 Å². The maximum Gasteiger partial charge on any atom is 0.191 e. The van der Waals surface area contributed by atoms with E-state index in [4.69, 9.17) is 12.2 Å². The molecule has 0 aliphatic rings. The summed E-state index contributed by atoms with van der Waals surface area (Å²) < 4.78 is 1.02. The third-order valence-corrected chi connectivity index (χ3v) is 2.87. The summed E-state index contributed by atoms with van der Waals surface area (Å²) in [6.07, 6.45) is 3.31. The van der Waals surface area contributed by atoms with Crippen LogP contribution < -0.4 is 10.7 Å². The third-order valence-electron chi connectivity index (χ3n) is 2.15. The van der Waals surface area contributed by atoms with Crippen molar-refractivity contribution in [1.82, 2.24) is 10.4 Å². The molecular weight excluding hydrogens is 324 g/mol. The summed E-state index contributed by atoms with van der Waals surface area (Å²) in [4.78, 5) is 4.11. The molecule has 96 valence electrons. The summed E-state index contributed by atoms with van der Waals surface area (Å²) in [6, 6.07) is 13.3. The molecule has 0 bridgehead atoms. The maximum atomic E-state index is 5.12. The Morgan fingerprint density at radius 2 is 2.00 bits per heavy atom. The van der Waals surface area contributed by atoms with Gasteiger partial charge in [-0.25, -0.2) is 0 Å². The molecule has 0 aliphatic heterocycles. The van der Waals surface area contributed by atoms with Crippen LogP contribution in [0.3, 0.4) is 0 Å². The molecule has 0 saturated carbocycles. The topological polar surface area (TPSA) is 49.3 Å². The highest BCUT2D eigenvalue weighted by Gasteiger charge is 1.95. The van der Waals surface area contributed by atoms with Crippen molar-refractivity contribution in [2.75, 3.05) is 5.32 Å². The van der Waals surface area contributed by atoms with Gasteiger partial charge in [-0.3, -0.25) is 10.4 Å². The lowest BCUT2D eigenvalue weighted by molar-refractivity contribution is 1.05. The normalized spacial score (nSPS) is 10.4. The molecular formula is C13H11BrN4S. The van der Waals surface area contributed by atoms with E-state index in [0.29, 0.717) is 5.11 Å². The predicted molar refractivity (Wildman–Crippen MR) is 85.3 cm³/mol. The Labute approximate surface area is 125 Å². The summed E-state index contributed by atoms with van der Waals surface area (Å²) in [5, 5.41) is 7.45. The van der Waals surface area contributed by atoms with Gasteiger partial charge < -0.3 is 5.32 Å². The van der Waals surface area contributed by atoms with Crippen molar-refractivity contribution in [2.24, 2.45) is 5.10 Å². The van der Waals surface area contributed by atoms with Crippen molar-refractivity contribution in [3.05, 3.63) is 58.8 Å². The zero-order chi connectivity index (χ0) is 13.5. The van der Waals surface area contributed by atoms with E-state index in [-0.39, 0.29) is 0 Å². The first-order chi connectivity index (χ1) is 9.24. The number of anilines is 1. The van der Waals surface area contributed by atoms with Crippen LogP contribution in [0.15, 0.2) is 58.2 Å². The number of nitrogens with one attached hydrogen (secondary N) is 2. The predicted octanol–water partition coefficient (Wildman–Crippen LogP) is 3.16. The van der Waals surface area contributed by atoms with Crippen LogP contribution in [0, 0.1) is 0 Å². The number of halogens is 1. The van der Waals surface area contributed by atoms with Crippen LogP contribution in [0.5, 0.6) is 0 Å². The van der Waals surface area contributed by atoms with Crippen LogP contribution in [0.2, 0.25) is 0 Å². The van der Waals surface area contributed by atoms with E-state index < -0.39 is 0 Å². The zero-order valence-electron chi connectivity index (χ0n) is 9.88. The smallest absolute Gasteiger partial charge is 0.191 e. The number of hydrogen-bond donors (Lipinski definition) is 2. The molecule has 1 aromatic heterocycles. The van der Waals surface area contributed by atoms with Crippen LogP contribution in [-0.4, -0.2) is 16.3 Å². The average molecular weight is 335 g/mol. The molecule has 0 unspecified atom stereocenters. The van der Waals surface area contributed by atoms with Crippen molar-refractivity contribution in [2.45, 2.75) is 0 Å². The fourth-order valence-electron chi connectivity index (χ4n) is 1.30. The van der Waals surface area contributed by atoms with Gasteiger partial charge in [-0.2, -0.15) is 5.10 Å². The van der Waals surface area contributed by atoms with Crippen LogP contribution in [-0.2, 0) is 0 Å². The lowest BCUT2D eigenvalue weighted by Crippen LogP contribution is -2.23. The molecule has 2 aromatic rings. The fourth-order valence-corrected chi connectivity index (χ4v) is 1.74. The van der Waals surface area contributed by atoms with Crippen LogP contribution in [0.1, 0.15) is 5.69 Å². The minimum absolute atomic E-state index is 0.425. The molecule has 0 fully saturated rings. The lowest BCUT2D eigenvalue weighted by Gasteiger charge is -2.06. The molecule has 0 saturated heterocycles. The van der Waals surface area contributed by atoms with E-state index in [1.54, 1.807) is 12.4 Å². The molecule has 0 aliphatic carbocycles. The molecule has 6 heteroatoms. The van der Waals surface area contributed by atoms with Gasteiger partial charge in [0.2, 0.25) is 0 Å². The molecule has 0 amide bonds. The van der Waals surface area contributed by atoms with Gasteiger partial charge in [0.1, 0.15) is 0 Å². The summed E-state index contributed by atoms with van der Waals surface area (Å²) in [7, 11) is 0. The quantitative estimate of drug-likeness (QED) is 0.514. The molecule has 0 atom stereocenters. The van der Waals surface area contributed by atoms with Gasteiger partial charge in [0.05, 0.1) is 11.9 Å². The van der Waals surface area contributed by atoms with Crippen molar-refractivity contribution in [3.63, 3.8) is 0 Å². The van der Waals surface area contributed by atoms with Gasteiger partial charge >= 0.3 is 0 Å². The van der Waals surface area contributed by atoms with E-state index in [2.05, 4.69) is 36.8 Å². The Balaban J connectivity index is 1.85. The zero-order valence-corrected chi connectivity index (χ0v) is 12.3. The lowest BCUT2D eigenvalue weighted by atomic mass is 10.3. The second kappa shape index (κ2) is 6.96. The van der Waals surface area contributed by atoms with Gasteiger partial charge in [0.15, 0.2) is 5.11 Å². The minimum atomic E-state index is 0.425. The van der Waals surface area contributed by atoms with Crippen molar-refractivity contribution in [1.29, 1.82) is 0 Å². The Morgan fingerprint density at radius 1 is 1.21 bits per heavy atom. The largest absolute Gasteiger partial charge is 0.331 e. The van der Waals surface area contributed by atoms with E-state index >= 15 is 0 Å². The highest BCUT2D eigenvalue weighted by Crippen LogP contribution is 2.13. The molecule has 2 rings (SSSR count). The first-order valence-corrected chi connectivity index (χ1v) is 6.71. The summed E-state index contributed by atoms with van der Waals surface area (Å²) in [6.45, 7) is 0. The van der Waals surface area contributed by atoms with Crippen molar-refractivity contribution in [3.8, 4) is 0 Å². The highest BCUT2D eigenvalue weighted by atomic mass is 79.9. The van der Waals surface area contributed by atoms with Gasteiger partial charge in [0, 0.05) is 16.4 Å². The van der Waals surface area contributed by atoms with Crippen molar-refractivity contribution < 1.29 is 0 Å². The third kappa shape index (κ3) is 4.76. The number of aromatic nitrogens is 1. The Hall–Kier alpha value is -1.79. The first-order valence-electron chi connectivity index (χ1n) is 5.51. The standard InChI is InChI=1S/C13H11BrN4S/c14-10-4-6-11(7-5-10)17-13(19)18-16-9-12-3-1-2-8-15-12/h1-9H,(H2,17,18,19)/b16-9-. The second-order valence-corrected chi connectivity index (χ2v) is 4.91. The number of thiocarbonyl (C=S) groups is 1. The van der Waals surface area contributed by atoms with E-state index in [1.807, 2.05) is 42.5 Å². The molecule has 4 nitrogen and oxygen atoms in total. The van der Waals surface area contributed by atoms with Gasteiger partial charge in [-0.1, -0.05) is 22.0 Å². The molecule has 19 heavy (non-hydrogen) atoms. The average Bonchev–Trinajstić information content (AvgIpc) is 2.43. The summed E-state index contributed by atoms with van der Waals surface area (Å²) in [5.41, 5.74) is 4.39. The van der Waals surface area contributed by atoms with E-state index in [0.717, 1.165) is 15.9 Å². The highest BCUT2D eigenvalue weighted by molar-refractivity contribution is 9.10. The van der Waals surface area contributed by atoms with Crippen LogP contribution in [0.25, 0.3) is 0 Å². The number of hydrogen-bond acceptors (Lipinski definition) is 3. The van der Waals surface area contributed by atoms with Gasteiger partial charge in [0.25, 0.3) is 0 Å².